The highest BCUT2D eigenvalue weighted by Gasteiger charge is 2.17. The van der Waals surface area contributed by atoms with Crippen LogP contribution in [-0.2, 0) is 10.0 Å². The minimum Gasteiger partial charge on any atom is -0.369 e. The molecule has 0 aliphatic rings. The molecule has 3 rings (SSSR count). The Labute approximate surface area is 156 Å². The van der Waals surface area contributed by atoms with Crippen molar-refractivity contribution in [3.8, 4) is 5.82 Å². The maximum absolute atomic E-state index is 13.6. The highest BCUT2D eigenvalue weighted by atomic mass is 32.2. The average molecular weight is 390 g/mol. The SMILES string of the molecule is Cc1ncn(-c2cc(NCCNS(=O)(=O)c3ccccc3F)ncn2)c1C. The topological polar surface area (TPSA) is 102 Å². The second-order valence-electron chi connectivity index (χ2n) is 5.80. The maximum Gasteiger partial charge on any atom is 0.243 e. The van der Waals surface area contributed by atoms with Crippen LogP contribution in [-0.4, -0.2) is 41.0 Å². The summed E-state index contributed by atoms with van der Waals surface area (Å²) in [7, 11) is -3.91. The van der Waals surface area contributed by atoms with Gasteiger partial charge >= 0.3 is 0 Å². The minimum absolute atomic E-state index is 0.0687. The third kappa shape index (κ3) is 4.29. The molecule has 0 radical (unpaired) electrons. The summed E-state index contributed by atoms with van der Waals surface area (Å²) in [5, 5.41) is 3.01. The number of aryl methyl sites for hydroxylation is 1. The fourth-order valence-corrected chi connectivity index (χ4v) is 3.53. The summed E-state index contributed by atoms with van der Waals surface area (Å²) >= 11 is 0. The van der Waals surface area contributed by atoms with E-state index in [4.69, 9.17) is 0 Å². The zero-order valence-electron chi connectivity index (χ0n) is 14.8. The van der Waals surface area contributed by atoms with Crippen LogP contribution < -0.4 is 10.0 Å². The number of rotatable bonds is 7. The molecule has 0 aliphatic carbocycles. The lowest BCUT2D eigenvalue weighted by Crippen LogP contribution is -2.29. The summed E-state index contributed by atoms with van der Waals surface area (Å²) in [5.41, 5.74) is 1.88. The lowest BCUT2D eigenvalue weighted by atomic mass is 10.4. The van der Waals surface area contributed by atoms with E-state index in [0.717, 1.165) is 17.5 Å². The van der Waals surface area contributed by atoms with Gasteiger partial charge in [0.2, 0.25) is 10.0 Å². The lowest BCUT2D eigenvalue weighted by molar-refractivity contribution is 0.558. The largest absolute Gasteiger partial charge is 0.369 e. The number of sulfonamides is 1. The third-order valence-electron chi connectivity index (χ3n) is 4.00. The van der Waals surface area contributed by atoms with Crippen molar-refractivity contribution >= 4 is 15.8 Å². The number of hydrogen-bond donors (Lipinski definition) is 2. The Kier molecular flexibility index (Phi) is 5.47. The van der Waals surface area contributed by atoms with Gasteiger partial charge in [-0.3, -0.25) is 4.57 Å². The Morgan fingerprint density at radius 2 is 1.89 bits per heavy atom. The average Bonchev–Trinajstić information content (AvgIpc) is 2.98. The molecule has 8 nitrogen and oxygen atoms in total. The fraction of sp³-hybridized carbons (Fsp3) is 0.235. The Morgan fingerprint density at radius 3 is 2.59 bits per heavy atom. The standard InChI is InChI=1S/C17H19FN6O2S/c1-12-13(2)24(11-22-12)17-9-16(20-10-21-17)19-7-8-23-27(25,26)15-6-4-3-5-14(15)18/h3-6,9-11,23H,7-8H2,1-2H3,(H,19,20,21). The molecular weight excluding hydrogens is 371 g/mol. The van der Waals surface area contributed by atoms with Crippen LogP contribution in [0.1, 0.15) is 11.4 Å². The first-order valence-electron chi connectivity index (χ1n) is 8.19. The molecule has 10 heteroatoms. The van der Waals surface area contributed by atoms with Crippen molar-refractivity contribution in [3.05, 3.63) is 60.2 Å². The summed E-state index contributed by atoms with van der Waals surface area (Å²) in [5.74, 6) is 0.401. The zero-order valence-corrected chi connectivity index (χ0v) is 15.7. The van der Waals surface area contributed by atoms with Gasteiger partial charge in [0, 0.05) is 24.8 Å². The number of imidazole rings is 1. The van der Waals surface area contributed by atoms with Crippen LogP contribution in [0.3, 0.4) is 0 Å². The summed E-state index contributed by atoms with van der Waals surface area (Å²) in [6.07, 6.45) is 3.09. The predicted molar refractivity (Wildman–Crippen MR) is 98.7 cm³/mol. The molecule has 0 atom stereocenters. The fourth-order valence-electron chi connectivity index (χ4n) is 2.42. The molecule has 0 spiro atoms. The molecule has 27 heavy (non-hydrogen) atoms. The molecule has 142 valence electrons. The van der Waals surface area contributed by atoms with Crippen molar-refractivity contribution in [2.45, 2.75) is 18.7 Å². The Morgan fingerprint density at radius 1 is 1.11 bits per heavy atom. The molecule has 0 amide bonds. The van der Waals surface area contributed by atoms with E-state index in [1.807, 2.05) is 18.4 Å². The number of nitrogens with one attached hydrogen (secondary N) is 2. The molecule has 0 bridgehead atoms. The van der Waals surface area contributed by atoms with Gasteiger partial charge in [-0.2, -0.15) is 0 Å². The lowest BCUT2D eigenvalue weighted by Gasteiger charge is -2.10. The van der Waals surface area contributed by atoms with Crippen molar-refractivity contribution < 1.29 is 12.8 Å². The Balaban J connectivity index is 1.61. The second-order valence-corrected chi connectivity index (χ2v) is 7.54. The molecule has 2 N–H and O–H groups in total. The van der Waals surface area contributed by atoms with Gasteiger partial charge in [-0.15, -0.1) is 0 Å². The van der Waals surface area contributed by atoms with Crippen molar-refractivity contribution in [3.63, 3.8) is 0 Å². The van der Waals surface area contributed by atoms with Gasteiger partial charge in [-0.05, 0) is 26.0 Å². The van der Waals surface area contributed by atoms with E-state index >= 15 is 0 Å². The van der Waals surface area contributed by atoms with Crippen LogP contribution in [0.4, 0.5) is 10.2 Å². The monoisotopic (exact) mass is 390 g/mol. The van der Waals surface area contributed by atoms with Crippen LogP contribution in [0.15, 0.2) is 47.9 Å². The number of hydrogen-bond acceptors (Lipinski definition) is 6. The molecule has 0 saturated heterocycles. The molecule has 0 saturated carbocycles. The van der Waals surface area contributed by atoms with Crippen LogP contribution in [0, 0.1) is 19.7 Å². The van der Waals surface area contributed by atoms with Crippen molar-refractivity contribution in [1.82, 2.24) is 24.2 Å². The maximum atomic E-state index is 13.6. The van der Waals surface area contributed by atoms with Gasteiger partial charge in [0.25, 0.3) is 0 Å². The van der Waals surface area contributed by atoms with E-state index < -0.39 is 15.8 Å². The first-order valence-corrected chi connectivity index (χ1v) is 9.68. The summed E-state index contributed by atoms with van der Waals surface area (Å²) in [6, 6.07) is 6.97. The van der Waals surface area contributed by atoms with Crippen molar-refractivity contribution in [2.75, 3.05) is 18.4 Å². The molecule has 1 aromatic carbocycles. The molecule has 2 aromatic heterocycles. The van der Waals surface area contributed by atoms with Crippen LogP contribution in [0.25, 0.3) is 5.82 Å². The highest BCUT2D eigenvalue weighted by Crippen LogP contribution is 2.14. The highest BCUT2D eigenvalue weighted by molar-refractivity contribution is 7.89. The van der Waals surface area contributed by atoms with Gasteiger partial charge in [0.1, 0.15) is 35.0 Å². The number of benzene rings is 1. The molecule has 0 fully saturated rings. The molecular formula is C17H19FN6O2S. The normalized spacial score (nSPS) is 11.5. The smallest absolute Gasteiger partial charge is 0.243 e. The van der Waals surface area contributed by atoms with Gasteiger partial charge in [0.05, 0.1) is 5.69 Å². The number of nitrogens with zero attached hydrogens (tertiary/aromatic N) is 4. The van der Waals surface area contributed by atoms with Crippen LogP contribution >= 0.6 is 0 Å². The summed E-state index contributed by atoms with van der Waals surface area (Å²) < 4.78 is 42.1. The van der Waals surface area contributed by atoms with Gasteiger partial charge in [-0.25, -0.2) is 32.5 Å². The Hall–Kier alpha value is -2.85. The van der Waals surface area contributed by atoms with Gasteiger partial charge in [-0.1, -0.05) is 12.1 Å². The van der Waals surface area contributed by atoms with E-state index in [0.29, 0.717) is 11.6 Å². The molecule has 0 aliphatic heterocycles. The summed E-state index contributed by atoms with van der Waals surface area (Å²) in [4.78, 5) is 12.2. The molecule has 2 heterocycles. The zero-order chi connectivity index (χ0) is 19.4. The summed E-state index contributed by atoms with van der Waals surface area (Å²) in [6.45, 7) is 4.19. The number of anilines is 1. The second kappa shape index (κ2) is 7.80. The molecule has 3 aromatic rings. The van der Waals surface area contributed by atoms with Crippen LogP contribution in [0.2, 0.25) is 0 Å². The predicted octanol–water partition coefficient (Wildman–Crippen LogP) is 1.81. The van der Waals surface area contributed by atoms with E-state index in [2.05, 4.69) is 25.0 Å². The quantitative estimate of drug-likeness (QED) is 0.597. The number of aromatic nitrogens is 4. The van der Waals surface area contributed by atoms with Crippen LogP contribution in [0.5, 0.6) is 0 Å². The van der Waals surface area contributed by atoms with Crippen molar-refractivity contribution in [2.24, 2.45) is 0 Å². The number of halogens is 1. The van der Waals surface area contributed by atoms with E-state index in [1.165, 1.54) is 24.5 Å². The third-order valence-corrected chi connectivity index (χ3v) is 5.49. The first kappa shape index (κ1) is 18.9. The van der Waals surface area contributed by atoms with E-state index in [-0.39, 0.29) is 18.0 Å². The van der Waals surface area contributed by atoms with Gasteiger partial charge in [0.15, 0.2) is 0 Å². The molecule has 0 unspecified atom stereocenters. The Bertz CT molecular complexity index is 1050. The van der Waals surface area contributed by atoms with Gasteiger partial charge < -0.3 is 5.32 Å². The minimum atomic E-state index is -3.91. The first-order chi connectivity index (χ1) is 12.9. The van der Waals surface area contributed by atoms with Crippen molar-refractivity contribution in [1.29, 1.82) is 0 Å². The van der Waals surface area contributed by atoms with E-state index in [1.54, 1.807) is 12.4 Å². The van der Waals surface area contributed by atoms with E-state index in [9.17, 15) is 12.8 Å².